The molecule has 1 aromatic carbocycles. The van der Waals surface area contributed by atoms with Crippen LogP contribution in [0.25, 0.3) is 0 Å². The molecule has 5 heteroatoms. The molecule has 3 N–H and O–H groups in total. The van der Waals surface area contributed by atoms with Crippen LogP contribution in [-0.4, -0.2) is 17.4 Å². The summed E-state index contributed by atoms with van der Waals surface area (Å²) in [6.07, 6.45) is 1.87. The Bertz CT molecular complexity index is 392. The summed E-state index contributed by atoms with van der Waals surface area (Å²) in [6, 6.07) is 7.71. The third-order valence-electron chi connectivity index (χ3n) is 2.20. The number of hydrogen-bond acceptors (Lipinski definition) is 2. The molecule has 0 unspecified atom stereocenters. The first-order valence-corrected chi connectivity index (χ1v) is 6.57. The van der Waals surface area contributed by atoms with E-state index in [1.165, 1.54) is 0 Å². The van der Waals surface area contributed by atoms with Crippen molar-refractivity contribution in [1.82, 2.24) is 5.32 Å². The number of carbonyl (C=O) groups is 1. The second-order valence-electron chi connectivity index (χ2n) is 3.72. The molecule has 0 aromatic heterocycles. The fraction of sp³-hybridized carbons (Fsp3) is 0.333. The number of nitrogens with one attached hydrogen (secondary N) is 1. The van der Waals surface area contributed by atoms with Gasteiger partial charge in [0.05, 0.1) is 11.4 Å². The first-order valence-electron chi connectivity index (χ1n) is 5.37. The van der Waals surface area contributed by atoms with E-state index in [1.807, 2.05) is 24.3 Å². The highest BCUT2D eigenvalue weighted by Gasteiger charge is 2.02. The van der Waals surface area contributed by atoms with Crippen molar-refractivity contribution in [3.8, 4) is 0 Å². The van der Waals surface area contributed by atoms with E-state index in [-0.39, 0.29) is 5.91 Å². The molecule has 1 amide bonds. The molecular formula is C12H15BrN2OS. The van der Waals surface area contributed by atoms with Crippen LogP contribution in [0.5, 0.6) is 0 Å². The van der Waals surface area contributed by atoms with E-state index in [0.29, 0.717) is 24.4 Å². The summed E-state index contributed by atoms with van der Waals surface area (Å²) in [5.74, 6) is 0.0234. The Morgan fingerprint density at radius 2 is 2.00 bits per heavy atom. The zero-order valence-electron chi connectivity index (χ0n) is 9.41. The monoisotopic (exact) mass is 314 g/mol. The Hall–Kier alpha value is -0.940. The smallest absolute Gasteiger partial charge is 0.224 e. The van der Waals surface area contributed by atoms with Crippen molar-refractivity contribution in [2.24, 2.45) is 5.73 Å². The Labute approximate surface area is 115 Å². The summed E-state index contributed by atoms with van der Waals surface area (Å²) in [5.41, 5.74) is 6.36. The zero-order valence-corrected chi connectivity index (χ0v) is 11.8. The Morgan fingerprint density at radius 1 is 1.35 bits per heavy atom. The van der Waals surface area contributed by atoms with Gasteiger partial charge < -0.3 is 11.1 Å². The molecule has 1 rings (SSSR count). The third kappa shape index (κ3) is 6.38. The van der Waals surface area contributed by atoms with Gasteiger partial charge in [0.25, 0.3) is 0 Å². The lowest BCUT2D eigenvalue weighted by Crippen LogP contribution is -2.26. The number of thiocarbonyl (C=S) groups is 1. The Balaban J connectivity index is 2.25. The average molecular weight is 315 g/mol. The molecule has 0 aliphatic rings. The first-order chi connectivity index (χ1) is 8.08. The standard InChI is InChI=1S/C12H15BrN2OS/c13-10-5-3-9(4-6-10)8-12(16)15-7-1-2-11(14)17/h3-6H,1-2,7-8H2,(H2,14,17)(H,15,16). The predicted molar refractivity (Wildman–Crippen MR) is 76.9 cm³/mol. The van der Waals surface area contributed by atoms with Crippen LogP contribution in [-0.2, 0) is 11.2 Å². The minimum absolute atomic E-state index is 0.0234. The Morgan fingerprint density at radius 3 is 2.59 bits per heavy atom. The zero-order chi connectivity index (χ0) is 12.7. The highest BCUT2D eigenvalue weighted by molar-refractivity contribution is 9.10. The molecule has 17 heavy (non-hydrogen) atoms. The van der Waals surface area contributed by atoms with Gasteiger partial charge in [-0.2, -0.15) is 0 Å². The van der Waals surface area contributed by atoms with E-state index in [4.69, 9.17) is 18.0 Å². The number of nitrogens with two attached hydrogens (primary N) is 1. The number of hydrogen-bond donors (Lipinski definition) is 2. The molecule has 0 saturated carbocycles. The number of benzene rings is 1. The van der Waals surface area contributed by atoms with Crippen LogP contribution in [0.1, 0.15) is 18.4 Å². The van der Waals surface area contributed by atoms with Crippen molar-refractivity contribution >= 4 is 39.0 Å². The summed E-state index contributed by atoms with van der Waals surface area (Å²) in [5, 5.41) is 2.84. The van der Waals surface area contributed by atoms with Crippen LogP contribution in [0.2, 0.25) is 0 Å². The average Bonchev–Trinajstić information content (AvgIpc) is 2.27. The normalized spacial score (nSPS) is 9.94. The molecule has 1 aromatic rings. The first kappa shape index (κ1) is 14.1. The molecule has 0 aliphatic heterocycles. The van der Waals surface area contributed by atoms with Gasteiger partial charge in [-0.05, 0) is 30.5 Å². The molecular weight excluding hydrogens is 300 g/mol. The van der Waals surface area contributed by atoms with Gasteiger partial charge in [0, 0.05) is 11.0 Å². The van der Waals surface area contributed by atoms with Crippen LogP contribution >= 0.6 is 28.1 Å². The van der Waals surface area contributed by atoms with Crippen LogP contribution in [0, 0.1) is 0 Å². The molecule has 0 atom stereocenters. The molecule has 0 heterocycles. The van der Waals surface area contributed by atoms with Crippen molar-refractivity contribution < 1.29 is 4.79 Å². The number of halogens is 1. The molecule has 0 spiro atoms. The summed E-state index contributed by atoms with van der Waals surface area (Å²) >= 11 is 8.10. The SMILES string of the molecule is NC(=S)CCCNC(=O)Cc1ccc(Br)cc1. The van der Waals surface area contributed by atoms with Crippen molar-refractivity contribution in [3.05, 3.63) is 34.3 Å². The fourth-order valence-electron chi connectivity index (χ4n) is 1.34. The van der Waals surface area contributed by atoms with Crippen molar-refractivity contribution in [2.75, 3.05) is 6.54 Å². The lowest BCUT2D eigenvalue weighted by Gasteiger charge is -2.05. The molecule has 0 saturated heterocycles. The van der Waals surface area contributed by atoms with Crippen LogP contribution in [0.4, 0.5) is 0 Å². The third-order valence-corrected chi connectivity index (χ3v) is 2.93. The lowest BCUT2D eigenvalue weighted by atomic mass is 10.1. The quantitative estimate of drug-likeness (QED) is 0.625. The van der Waals surface area contributed by atoms with Gasteiger partial charge in [-0.1, -0.05) is 40.3 Å². The fourth-order valence-corrected chi connectivity index (χ4v) is 1.75. The highest BCUT2D eigenvalue weighted by atomic mass is 79.9. The number of carbonyl (C=O) groups excluding carboxylic acids is 1. The van der Waals surface area contributed by atoms with Crippen LogP contribution < -0.4 is 11.1 Å². The minimum atomic E-state index is 0.0234. The van der Waals surface area contributed by atoms with Crippen molar-refractivity contribution in [2.45, 2.75) is 19.3 Å². The van der Waals surface area contributed by atoms with Gasteiger partial charge in [0.1, 0.15) is 0 Å². The van der Waals surface area contributed by atoms with E-state index >= 15 is 0 Å². The van der Waals surface area contributed by atoms with Gasteiger partial charge in [-0.15, -0.1) is 0 Å². The number of amides is 1. The predicted octanol–water partition coefficient (Wildman–Crippen LogP) is 2.17. The maximum atomic E-state index is 11.6. The largest absolute Gasteiger partial charge is 0.393 e. The topological polar surface area (TPSA) is 55.1 Å². The molecule has 0 bridgehead atoms. The molecule has 3 nitrogen and oxygen atoms in total. The van der Waals surface area contributed by atoms with Crippen molar-refractivity contribution in [3.63, 3.8) is 0 Å². The summed E-state index contributed by atoms with van der Waals surface area (Å²) < 4.78 is 1.01. The summed E-state index contributed by atoms with van der Waals surface area (Å²) in [7, 11) is 0. The minimum Gasteiger partial charge on any atom is -0.393 e. The molecule has 0 radical (unpaired) electrons. The lowest BCUT2D eigenvalue weighted by molar-refractivity contribution is -0.120. The number of rotatable bonds is 6. The van der Waals surface area contributed by atoms with E-state index in [1.54, 1.807) is 0 Å². The second kappa shape index (κ2) is 7.40. The summed E-state index contributed by atoms with van der Waals surface area (Å²) in [6.45, 7) is 0.618. The highest BCUT2D eigenvalue weighted by Crippen LogP contribution is 2.10. The molecule has 0 fully saturated rings. The maximum Gasteiger partial charge on any atom is 0.224 e. The van der Waals surface area contributed by atoms with Crippen molar-refractivity contribution in [1.29, 1.82) is 0 Å². The van der Waals surface area contributed by atoms with E-state index < -0.39 is 0 Å². The van der Waals surface area contributed by atoms with Gasteiger partial charge in [-0.3, -0.25) is 4.79 Å². The van der Waals surface area contributed by atoms with Crippen LogP contribution in [0.3, 0.4) is 0 Å². The van der Waals surface area contributed by atoms with E-state index in [9.17, 15) is 4.79 Å². The Kier molecular flexibility index (Phi) is 6.15. The molecule has 0 aliphatic carbocycles. The summed E-state index contributed by atoms with van der Waals surface area (Å²) in [4.78, 5) is 12.0. The molecule has 92 valence electrons. The van der Waals surface area contributed by atoms with Gasteiger partial charge in [-0.25, -0.2) is 0 Å². The van der Waals surface area contributed by atoms with Gasteiger partial charge in [0.15, 0.2) is 0 Å². The van der Waals surface area contributed by atoms with E-state index in [0.717, 1.165) is 16.5 Å². The van der Waals surface area contributed by atoms with E-state index in [2.05, 4.69) is 21.2 Å². The van der Waals surface area contributed by atoms with Gasteiger partial charge in [0.2, 0.25) is 5.91 Å². The second-order valence-corrected chi connectivity index (χ2v) is 5.16. The van der Waals surface area contributed by atoms with Gasteiger partial charge >= 0.3 is 0 Å². The van der Waals surface area contributed by atoms with Crippen LogP contribution in [0.15, 0.2) is 28.7 Å². The maximum absolute atomic E-state index is 11.6.